The number of allylic oxidation sites excluding steroid dienone is 1. The summed E-state index contributed by atoms with van der Waals surface area (Å²) in [5.41, 5.74) is 1.15. The van der Waals surface area contributed by atoms with Gasteiger partial charge in [-0.25, -0.2) is 4.21 Å². The minimum atomic E-state index is -1.25. The summed E-state index contributed by atoms with van der Waals surface area (Å²) >= 11 is 0. The van der Waals surface area contributed by atoms with Crippen molar-refractivity contribution in [3.05, 3.63) is 40.8 Å². The zero-order valence-corrected chi connectivity index (χ0v) is 12.9. The first kappa shape index (κ1) is 16.1. The van der Waals surface area contributed by atoms with Crippen LogP contribution in [0.2, 0.25) is 0 Å². The van der Waals surface area contributed by atoms with Crippen LogP contribution in [0.5, 0.6) is 0 Å². The third-order valence-electron chi connectivity index (χ3n) is 3.01. The van der Waals surface area contributed by atoms with Gasteiger partial charge in [0.2, 0.25) is 0 Å². The second-order valence-corrected chi connectivity index (χ2v) is 6.23. The molecule has 1 aromatic rings. The predicted molar refractivity (Wildman–Crippen MR) is 81.5 cm³/mol. The number of unbranched alkanes of at least 4 members (excludes halogenated alkanes) is 1. The van der Waals surface area contributed by atoms with Crippen LogP contribution in [0.4, 0.5) is 0 Å². The molecule has 0 aliphatic heterocycles. The van der Waals surface area contributed by atoms with Crippen molar-refractivity contribution in [3.63, 3.8) is 0 Å². The standard InChI is InChI=1S/C16H24O2S/c1-4-6-8-15(17)16(7-5-2)19(18)14-11-9-13(3)10-12-14/h7,9-12,15,17H,4-6,8H2,1-3H3/b16-7-/t15-,19?/m0/s1. The lowest BCUT2D eigenvalue weighted by Gasteiger charge is -2.14. The maximum Gasteiger partial charge on any atom is 0.0874 e. The molecule has 1 unspecified atom stereocenters. The minimum absolute atomic E-state index is 0.595. The van der Waals surface area contributed by atoms with E-state index in [1.165, 1.54) is 0 Å². The molecule has 0 aromatic heterocycles. The third-order valence-corrected chi connectivity index (χ3v) is 4.58. The van der Waals surface area contributed by atoms with Gasteiger partial charge >= 0.3 is 0 Å². The predicted octanol–water partition coefficient (Wildman–Crippen LogP) is 3.95. The van der Waals surface area contributed by atoms with Gasteiger partial charge < -0.3 is 5.11 Å². The molecule has 0 radical (unpaired) electrons. The van der Waals surface area contributed by atoms with Crippen LogP contribution in [-0.4, -0.2) is 15.4 Å². The Balaban J connectivity index is 2.90. The monoisotopic (exact) mass is 280 g/mol. The van der Waals surface area contributed by atoms with Gasteiger partial charge in [-0.1, -0.05) is 50.5 Å². The topological polar surface area (TPSA) is 37.3 Å². The zero-order valence-electron chi connectivity index (χ0n) is 12.1. The van der Waals surface area contributed by atoms with E-state index in [-0.39, 0.29) is 0 Å². The van der Waals surface area contributed by atoms with Crippen molar-refractivity contribution in [1.29, 1.82) is 0 Å². The minimum Gasteiger partial charge on any atom is -0.388 e. The van der Waals surface area contributed by atoms with Gasteiger partial charge in [-0.3, -0.25) is 0 Å². The highest BCUT2D eigenvalue weighted by atomic mass is 32.2. The molecule has 19 heavy (non-hydrogen) atoms. The molecule has 1 rings (SSSR count). The van der Waals surface area contributed by atoms with Crippen LogP contribution in [-0.2, 0) is 10.8 Å². The molecular formula is C16H24O2S. The Kier molecular flexibility index (Phi) is 7.03. The van der Waals surface area contributed by atoms with E-state index in [9.17, 15) is 9.32 Å². The second kappa shape index (κ2) is 8.28. The van der Waals surface area contributed by atoms with E-state index in [0.29, 0.717) is 11.3 Å². The fourth-order valence-electron chi connectivity index (χ4n) is 1.87. The first-order chi connectivity index (χ1) is 9.10. The summed E-state index contributed by atoms with van der Waals surface area (Å²) in [5.74, 6) is 0. The van der Waals surface area contributed by atoms with E-state index in [1.807, 2.05) is 44.2 Å². The van der Waals surface area contributed by atoms with Crippen LogP contribution >= 0.6 is 0 Å². The SMILES string of the molecule is CC/C=C(/[C@@H](O)CCCC)S(=O)c1ccc(C)cc1. The Morgan fingerprint density at radius 1 is 1.32 bits per heavy atom. The Morgan fingerprint density at radius 3 is 2.47 bits per heavy atom. The van der Waals surface area contributed by atoms with Crippen molar-refractivity contribution in [1.82, 2.24) is 0 Å². The summed E-state index contributed by atoms with van der Waals surface area (Å²) in [6, 6.07) is 7.66. The van der Waals surface area contributed by atoms with Crippen LogP contribution in [0.25, 0.3) is 0 Å². The Morgan fingerprint density at radius 2 is 1.95 bits per heavy atom. The van der Waals surface area contributed by atoms with Gasteiger partial charge in [0.25, 0.3) is 0 Å². The molecule has 2 nitrogen and oxygen atoms in total. The molecule has 1 N–H and O–H groups in total. The highest BCUT2D eigenvalue weighted by Crippen LogP contribution is 2.21. The van der Waals surface area contributed by atoms with E-state index in [4.69, 9.17) is 0 Å². The number of hydrogen-bond donors (Lipinski definition) is 1. The van der Waals surface area contributed by atoms with Gasteiger partial charge in [0, 0.05) is 9.80 Å². The maximum atomic E-state index is 12.5. The molecule has 0 saturated carbocycles. The fraction of sp³-hybridized carbons (Fsp3) is 0.500. The lowest BCUT2D eigenvalue weighted by molar-refractivity contribution is 0.204. The number of rotatable bonds is 7. The van der Waals surface area contributed by atoms with E-state index in [2.05, 4.69) is 6.92 Å². The molecule has 1 aromatic carbocycles. The van der Waals surface area contributed by atoms with Gasteiger partial charge in [-0.15, -0.1) is 0 Å². The van der Waals surface area contributed by atoms with Gasteiger partial charge in [-0.05, 0) is 31.9 Å². The molecule has 0 spiro atoms. The van der Waals surface area contributed by atoms with E-state index < -0.39 is 16.9 Å². The number of aliphatic hydroxyl groups excluding tert-OH is 1. The molecular weight excluding hydrogens is 256 g/mol. The molecule has 3 heteroatoms. The normalized spacial score (nSPS) is 15.3. The van der Waals surface area contributed by atoms with Crippen molar-refractivity contribution in [2.24, 2.45) is 0 Å². The lowest BCUT2D eigenvalue weighted by atomic mass is 10.1. The Labute approximate surface area is 119 Å². The average molecular weight is 280 g/mol. The number of aliphatic hydroxyl groups is 1. The number of hydrogen-bond acceptors (Lipinski definition) is 2. The average Bonchev–Trinajstić information content (AvgIpc) is 2.42. The van der Waals surface area contributed by atoms with Crippen LogP contribution < -0.4 is 0 Å². The van der Waals surface area contributed by atoms with E-state index >= 15 is 0 Å². The first-order valence-corrected chi connectivity index (χ1v) is 8.11. The highest BCUT2D eigenvalue weighted by molar-refractivity contribution is 7.89. The molecule has 0 heterocycles. The molecule has 0 amide bonds. The van der Waals surface area contributed by atoms with Gasteiger partial charge in [0.1, 0.15) is 0 Å². The first-order valence-electron chi connectivity index (χ1n) is 6.96. The molecule has 2 atom stereocenters. The summed E-state index contributed by atoms with van der Waals surface area (Å²) in [4.78, 5) is 1.42. The van der Waals surface area contributed by atoms with Crippen molar-refractivity contribution in [3.8, 4) is 0 Å². The molecule has 0 aliphatic carbocycles. The van der Waals surface area contributed by atoms with Gasteiger partial charge in [0.05, 0.1) is 16.9 Å². The summed E-state index contributed by atoms with van der Waals surface area (Å²) in [7, 11) is -1.25. The van der Waals surface area contributed by atoms with Gasteiger partial charge in [-0.2, -0.15) is 0 Å². The van der Waals surface area contributed by atoms with Crippen molar-refractivity contribution < 1.29 is 9.32 Å². The maximum absolute atomic E-state index is 12.5. The lowest BCUT2D eigenvalue weighted by Crippen LogP contribution is -2.14. The van der Waals surface area contributed by atoms with Crippen molar-refractivity contribution in [2.75, 3.05) is 0 Å². The Hall–Kier alpha value is -0.930. The summed E-state index contributed by atoms with van der Waals surface area (Å²) in [6.45, 7) is 6.09. The molecule has 106 valence electrons. The molecule has 0 fully saturated rings. The number of benzene rings is 1. The summed E-state index contributed by atoms with van der Waals surface area (Å²) < 4.78 is 12.5. The van der Waals surface area contributed by atoms with Crippen LogP contribution in [0.3, 0.4) is 0 Å². The quantitative estimate of drug-likeness (QED) is 0.821. The zero-order chi connectivity index (χ0) is 14.3. The highest BCUT2D eigenvalue weighted by Gasteiger charge is 2.18. The molecule has 0 bridgehead atoms. The molecule has 0 aliphatic rings. The number of aryl methyl sites for hydroxylation is 1. The third kappa shape index (κ3) is 4.92. The van der Waals surface area contributed by atoms with Gasteiger partial charge in [0.15, 0.2) is 0 Å². The Bertz CT molecular complexity index is 435. The van der Waals surface area contributed by atoms with E-state index in [1.54, 1.807) is 0 Å². The van der Waals surface area contributed by atoms with Crippen LogP contribution in [0.1, 0.15) is 45.1 Å². The van der Waals surface area contributed by atoms with Crippen LogP contribution in [0, 0.1) is 6.92 Å². The largest absolute Gasteiger partial charge is 0.388 e. The molecule has 0 saturated heterocycles. The van der Waals surface area contributed by atoms with E-state index in [0.717, 1.165) is 29.7 Å². The smallest absolute Gasteiger partial charge is 0.0874 e. The summed E-state index contributed by atoms with van der Waals surface area (Å²) in [5, 5.41) is 10.2. The van der Waals surface area contributed by atoms with Crippen molar-refractivity contribution >= 4 is 10.8 Å². The second-order valence-electron chi connectivity index (χ2n) is 4.75. The summed E-state index contributed by atoms with van der Waals surface area (Å²) in [6.07, 6.45) is 4.76. The van der Waals surface area contributed by atoms with Crippen molar-refractivity contribution in [2.45, 2.75) is 57.5 Å². The van der Waals surface area contributed by atoms with Crippen LogP contribution in [0.15, 0.2) is 40.1 Å². The fourth-order valence-corrected chi connectivity index (χ4v) is 3.21.